The van der Waals surface area contributed by atoms with E-state index in [-0.39, 0.29) is 52.8 Å². The van der Waals surface area contributed by atoms with E-state index in [0.29, 0.717) is 6.61 Å². The first-order valence-electron chi connectivity index (χ1n) is 11.0. The molecule has 0 saturated heterocycles. The van der Waals surface area contributed by atoms with Gasteiger partial charge in [-0.2, -0.15) is 17.7 Å². The SMILES string of the molecule is [Ir].[Y].[c-]1cccc2ccc3cccnc3c12.[c-]1ccccc1-c1[c-]c[c-]c2c1COc1cccnc1-2. The topological polar surface area (TPSA) is 35.0 Å². The molecule has 2 radical (unpaired) electrons. The van der Waals surface area contributed by atoms with Crippen LogP contribution in [-0.4, -0.2) is 9.97 Å². The second-order valence-corrected chi connectivity index (χ2v) is 7.85. The van der Waals surface area contributed by atoms with E-state index in [0.717, 1.165) is 44.6 Å². The second kappa shape index (κ2) is 12.0. The van der Waals surface area contributed by atoms with Crippen molar-refractivity contribution in [3.8, 4) is 28.1 Å². The fraction of sp³-hybridized carbons (Fsp3) is 0.0323. The zero-order chi connectivity index (χ0) is 22.7. The van der Waals surface area contributed by atoms with Gasteiger partial charge in [-0.25, -0.2) is 17.7 Å². The number of rotatable bonds is 1. The number of nitrogens with zero attached hydrogens (tertiary/aromatic N) is 2. The van der Waals surface area contributed by atoms with Gasteiger partial charge in [0.25, 0.3) is 0 Å². The molecule has 36 heavy (non-hydrogen) atoms. The maximum Gasteiger partial charge on any atom is 0.140 e. The Kier molecular flexibility index (Phi) is 8.77. The molecule has 0 saturated carbocycles. The van der Waals surface area contributed by atoms with E-state index in [9.17, 15) is 0 Å². The first kappa shape index (κ1) is 26.3. The molecule has 0 amide bonds. The third-order valence-corrected chi connectivity index (χ3v) is 5.80. The van der Waals surface area contributed by atoms with Crippen molar-refractivity contribution in [2.75, 3.05) is 0 Å². The summed E-state index contributed by atoms with van der Waals surface area (Å²) >= 11 is 0. The fourth-order valence-electron chi connectivity index (χ4n) is 4.20. The first-order chi connectivity index (χ1) is 16.9. The van der Waals surface area contributed by atoms with E-state index in [4.69, 9.17) is 4.74 Å². The molecule has 3 heterocycles. The molecule has 1 aliphatic rings. The van der Waals surface area contributed by atoms with Gasteiger partial charge in [0.2, 0.25) is 0 Å². The van der Waals surface area contributed by atoms with Crippen molar-refractivity contribution in [1.29, 1.82) is 0 Å². The molecule has 0 fully saturated rings. The van der Waals surface area contributed by atoms with Crippen molar-refractivity contribution in [3.05, 3.63) is 127 Å². The van der Waals surface area contributed by atoms with Gasteiger partial charge in [-0.15, -0.1) is 41.1 Å². The van der Waals surface area contributed by atoms with E-state index in [1.54, 1.807) is 6.20 Å². The van der Waals surface area contributed by atoms with E-state index in [1.165, 1.54) is 10.8 Å². The number of pyridine rings is 2. The monoisotopic (exact) mass is 716 g/mol. The molecule has 7 rings (SSSR count). The van der Waals surface area contributed by atoms with Gasteiger partial charge in [-0.3, -0.25) is 17.1 Å². The zero-order valence-corrected chi connectivity index (χ0v) is 24.4. The second-order valence-electron chi connectivity index (χ2n) is 7.85. The Morgan fingerprint density at radius 1 is 0.694 bits per heavy atom. The minimum Gasteiger partial charge on any atom is -0.505 e. The number of hydrogen-bond acceptors (Lipinski definition) is 3. The largest absolute Gasteiger partial charge is 0.505 e. The third-order valence-electron chi connectivity index (χ3n) is 5.80. The van der Waals surface area contributed by atoms with Crippen LogP contribution >= 0.6 is 0 Å². The Morgan fingerprint density at radius 3 is 2.36 bits per heavy atom. The molecule has 0 N–H and O–H groups in total. The average Bonchev–Trinajstić information content (AvgIpc) is 2.93. The van der Waals surface area contributed by atoms with Crippen LogP contribution in [0.15, 0.2) is 97.3 Å². The van der Waals surface area contributed by atoms with Gasteiger partial charge < -0.3 is 26.9 Å². The van der Waals surface area contributed by atoms with Crippen LogP contribution < -0.4 is 4.74 Å². The Labute approximate surface area is 249 Å². The van der Waals surface area contributed by atoms with Gasteiger partial charge >= 0.3 is 0 Å². The Hall–Kier alpha value is -2.75. The molecule has 5 heteroatoms. The normalized spacial score (nSPS) is 11.0. The predicted octanol–water partition coefficient (Wildman–Crippen LogP) is 6.89. The quantitative estimate of drug-likeness (QED) is 0.138. The van der Waals surface area contributed by atoms with Crippen molar-refractivity contribution in [1.82, 2.24) is 9.97 Å². The van der Waals surface area contributed by atoms with Crippen molar-refractivity contribution in [2.45, 2.75) is 6.61 Å². The summed E-state index contributed by atoms with van der Waals surface area (Å²) < 4.78 is 5.80. The molecule has 0 atom stereocenters. The summed E-state index contributed by atoms with van der Waals surface area (Å²) in [4.78, 5) is 8.79. The molecule has 2 aromatic heterocycles. The van der Waals surface area contributed by atoms with Crippen LogP contribution in [0.3, 0.4) is 0 Å². The summed E-state index contributed by atoms with van der Waals surface area (Å²) in [6.07, 6.45) is 3.60. The molecule has 3 nitrogen and oxygen atoms in total. The van der Waals surface area contributed by atoms with Gasteiger partial charge in [0.15, 0.2) is 0 Å². The zero-order valence-electron chi connectivity index (χ0n) is 19.2. The van der Waals surface area contributed by atoms with Gasteiger partial charge in [-0.05, 0) is 29.1 Å². The molecule has 0 bridgehead atoms. The Morgan fingerprint density at radius 2 is 1.47 bits per heavy atom. The van der Waals surface area contributed by atoms with Crippen LogP contribution in [0.2, 0.25) is 0 Å². The molecular weight excluding hydrogens is 697 g/mol. The molecular formula is C31H18IrN2OY-4. The molecule has 0 unspecified atom stereocenters. The van der Waals surface area contributed by atoms with Crippen molar-refractivity contribution >= 4 is 21.7 Å². The first-order valence-corrected chi connectivity index (χ1v) is 11.0. The standard InChI is InChI=1S/C18H10NO.C13H8N.Ir.Y/c1-2-6-13(7-3-1)14-8-4-9-15-16(14)12-20-17-10-5-11-19-18(15)17;1-2-6-12-10(4-1)7-8-11-5-3-9-14-13(11)12;;/h1-6,10-11H,12H2;1-5,7-9H;;/q-3;-1;;. The van der Waals surface area contributed by atoms with E-state index in [2.05, 4.69) is 58.5 Å². The minimum absolute atomic E-state index is 0. The minimum atomic E-state index is 0. The van der Waals surface area contributed by atoms with Crippen LogP contribution in [-0.2, 0) is 59.4 Å². The van der Waals surface area contributed by atoms with Crippen molar-refractivity contribution in [2.24, 2.45) is 0 Å². The van der Waals surface area contributed by atoms with Gasteiger partial charge in [-0.1, -0.05) is 18.2 Å². The van der Waals surface area contributed by atoms with Crippen LogP contribution in [0.5, 0.6) is 5.75 Å². The molecule has 0 spiro atoms. The number of fused-ring (bicyclic) bond motifs is 6. The number of benzene rings is 4. The number of aromatic nitrogens is 2. The van der Waals surface area contributed by atoms with Gasteiger partial charge in [0.05, 0.1) is 5.69 Å². The third kappa shape index (κ3) is 5.19. The summed E-state index contributed by atoms with van der Waals surface area (Å²) in [6.45, 7) is 0.514. The van der Waals surface area contributed by atoms with E-state index >= 15 is 0 Å². The van der Waals surface area contributed by atoms with E-state index in [1.807, 2.05) is 66.9 Å². The maximum atomic E-state index is 5.80. The van der Waals surface area contributed by atoms with Crippen molar-refractivity contribution in [3.63, 3.8) is 0 Å². The summed E-state index contributed by atoms with van der Waals surface area (Å²) in [5.74, 6) is 0.811. The molecule has 6 aromatic rings. The smallest absolute Gasteiger partial charge is 0.140 e. The predicted molar refractivity (Wildman–Crippen MR) is 134 cm³/mol. The summed E-state index contributed by atoms with van der Waals surface area (Å²) in [6, 6.07) is 40.7. The fourth-order valence-corrected chi connectivity index (χ4v) is 4.20. The molecule has 1 aliphatic heterocycles. The molecule has 174 valence electrons. The van der Waals surface area contributed by atoms with Gasteiger partial charge in [0.1, 0.15) is 5.75 Å². The Bertz CT molecular complexity index is 1550. The number of ether oxygens (including phenoxy) is 1. The van der Waals surface area contributed by atoms with Crippen LogP contribution in [0.1, 0.15) is 5.56 Å². The average molecular weight is 716 g/mol. The van der Waals surface area contributed by atoms with E-state index < -0.39 is 0 Å². The summed E-state index contributed by atoms with van der Waals surface area (Å²) in [5, 5.41) is 3.46. The van der Waals surface area contributed by atoms with Gasteiger partial charge in [0, 0.05) is 71.8 Å². The van der Waals surface area contributed by atoms with Crippen molar-refractivity contribution < 1.29 is 57.6 Å². The Balaban J connectivity index is 0.000000169. The molecule has 0 aliphatic carbocycles. The molecule has 4 aromatic carbocycles. The van der Waals surface area contributed by atoms with Crippen LogP contribution in [0, 0.1) is 24.3 Å². The summed E-state index contributed by atoms with van der Waals surface area (Å²) in [7, 11) is 0. The maximum absolute atomic E-state index is 5.80. The van der Waals surface area contributed by atoms with Crippen LogP contribution in [0.25, 0.3) is 44.1 Å². The summed E-state index contributed by atoms with van der Waals surface area (Å²) in [5.41, 5.74) is 5.97. The number of hydrogen-bond donors (Lipinski definition) is 0. The van der Waals surface area contributed by atoms with Crippen LogP contribution in [0.4, 0.5) is 0 Å².